The van der Waals surface area contributed by atoms with Crippen molar-refractivity contribution in [2.45, 2.75) is 0 Å². The van der Waals surface area contributed by atoms with E-state index in [1.54, 1.807) is 25.3 Å². The minimum Gasteiger partial charge on any atom is -0.493 e. The van der Waals surface area contributed by atoms with Crippen LogP contribution in [0.3, 0.4) is 0 Å². The van der Waals surface area contributed by atoms with Crippen LogP contribution in [-0.4, -0.2) is 25.0 Å². The van der Waals surface area contributed by atoms with Crippen molar-refractivity contribution < 1.29 is 14.3 Å². The van der Waals surface area contributed by atoms with E-state index in [4.69, 9.17) is 15.2 Å². The molecule has 0 heterocycles. The maximum absolute atomic E-state index is 10.6. The summed E-state index contributed by atoms with van der Waals surface area (Å²) in [4.78, 5) is 10.6. The molecule has 1 aromatic rings. The lowest BCUT2D eigenvalue weighted by Gasteiger charge is -2.10. The van der Waals surface area contributed by atoms with E-state index >= 15 is 0 Å². The number of methoxy groups -OCH3 is 1. The van der Waals surface area contributed by atoms with E-state index < -0.39 is 5.91 Å². The van der Waals surface area contributed by atoms with Gasteiger partial charge in [0.05, 0.1) is 13.7 Å². The van der Waals surface area contributed by atoms with Crippen molar-refractivity contribution in [1.29, 1.82) is 0 Å². The molecule has 0 spiro atoms. The Hall–Kier alpha value is -1.49. The molecule has 17 heavy (non-hydrogen) atoms. The van der Waals surface area contributed by atoms with Crippen molar-refractivity contribution in [2.24, 2.45) is 5.73 Å². The van der Waals surface area contributed by atoms with Gasteiger partial charge in [-0.1, -0.05) is 22.0 Å². The van der Waals surface area contributed by atoms with E-state index in [2.05, 4.69) is 15.9 Å². The van der Waals surface area contributed by atoms with Crippen LogP contribution in [0.15, 0.2) is 24.3 Å². The molecule has 0 atom stereocenters. The Morgan fingerprint density at radius 3 is 2.82 bits per heavy atom. The number of benzene rings is 1. The number of alkyl halides is 1. The first-order valence-electron chi connectivity index (χ1n) is 5.01. The summed E-state index contributed by atoms with van der Waals surface area (Å²) in [6, 6.07) is 5.40. The molecule has 0 aliphatic carbocycles. The van der Waals surface area contributed by atoms with Crippen LogP contribution in [0.25, 0.3) is 6.08 Å². The lowest BCUT2D eigenvalue weighted by atomic mass is 10.2. The smallest absolute Gasteiger partial charge is 0.241 e. The fraction of sp³-hybridized carbons (Fsp3) is 0.250. The third-order valence-corrected chi connectivity index (χ3v) is 2.29. The maximum Gasteiger partial charge on any atom is 0.241 e. The molecular formula is C12H14BrNO3. The zero-order valence-electron chi connectivity index (χ0n) is 9.48. The molecule has 1 rings (SSSR count). The third-order valence-electron chi connectivity index (χ3n) is 1.96. The SMILES string of the molecule is COc1cc(/C=C\C(N)=O)ccc1OCCBr. The van der Waals surface area contributed by atoms with Gasteiger partial charge in [0.15, 0.2) is 11.5 Å². The van der Waals surface area contributed by atoms with Crippen molar-refractivity contribution in [2.75, 3.05) is 19.0 Å². The number of rotatable bonds is 6. The van der Waals surface area contributed by atoms with E-state index in [0.29, 0.717) is 18.1 Å². The number of amides is 1. The molecule has 0 aromatic heterocycles. The molecule has 0 saturated carbocycles. The third kappa shape index (κ3) is 4.48. The zero-order chi connectivity index (χ0) is 12.7. The van der Waals surface area contributed by atoms with Crippen LogP contribution in [0.5, 0.6) is 11.5 Å². The molecule has 4 nitrogen and oxygen atoms in total. The summed E-state index contributed by atoms with van der Waals surface area (Å²) < 4.78 is 10.7. The van der Waals surface area contributed by atoms with Crippen molar-refractivity contribution >= 4 is 27.9 Å². The fourth-order valence-electron chi connectivity index (χ4n) is 1.23. The first-order chi connectivity index (χ1) is 8.17. The number of ether oxygens (including phenoxy) is 2. The minimum absolute atomic E-state index is 0.483. The molecule has 1 amide bonds. The largest absolute Gasteiger partial charge is 0.493 e. The van der Waals surface area contributed by atoms with Crippen molar-refractivity contribution in [3.8, 4) is 11.5 Å². The monoisotopic (exact) mass is 299 g/mol. The second-order valence-corrected chi connectivity index (χ2v) is 3.98. The van der Waals surface area contributed by atoms with Gasteiger partial charge in [-0.25, -0.2) is 0 Å². The van der Waals surface area contributed by atoms with Gasteiger partial charge in [-0.2, -0.15) is 0 Å². The highest BCUT2D eigenvalue weighted by molar-refractivity contribution is 9.09. The first kappa shape index (κ1) is 13.6. The molecule has 0 aliphatic heterocycles. The lowest BCUT2D eigenvalue weighted by Crippen LogP contribution is -2.05. The van der Waals surface area contributed by atoms with Crippen molar-refractivity contribution in [1.82, 2.24) is 0 Å². The molecule has 0 bridgehead atoms. The number of halogens is 1. The van der Waals surface area contributed by atoms with Crippen LogP contribution < -0.4 is 15.2 Å². The Kier molecular flexibility index (Phi) is 5.56. The molecule has 92 valence electrons. The van der Waals surface area contributed by atoms with Crippen LogP contribution >= 0.6 is 15.9 Å². The number of hydrogen-bond donors (Lipinski definition) is 1. The molecule has 2 N–H and O–H groups in total. The average Bonchev–Trinajstić information content (AvgIpc) is 2.34. The zero-order valence-corrected chi connectivity index (χ0v) is 11.1. The Balaban J connectivity index is 2.87. The van der Waals surface area contributed by atoms with E-state index in [1.165, 1.54) is 6.08 Å². The number of nitrogens with two attached hydrogens (primary N) is 1. The summed E-state index contributed by atoms with van der Waals surface area (Å²) in [6.45, 7) is 0.562. The van der Waals surface area contributed by atoms with Gasteiger partial charge < -0.3 is 15.2 Å². The molecule has 0 saturated heterocycles. The topological polar surface area (TPSA) is 61.5 Å². The maximum atomic E-state index is 10.6. The normalized spacial score (nSPS) is 10.5. The summed E-state index contributed by atoms with van der Waals surface area (Å²) in [5.74, 6) is 0.810. The summed E-state index contributed by atoms with van der Waals surface area (Å²) in [5.41, 5.74) is 5.85. The Morgan fingerprint density at radius 1 is 1.47 bits per heavy atom. The summed E-state index contributed by atoms with van der Waals surface area (Å²) in [5, 5.41) is 0.749. The van der Waals surface area contributed by atoms with E-state index in [-0.39, 0.29) is 0 Å². The molecule has 1 aromatic carbocycles. The van der Waals surface area contributed by atoms with Crippen molar-refractivity contribution in [3.63, 3.8) is 0 Å². The van der Waals surface area contributed by atoms with Gasteiger partial charge in [-0.05, 0) is 23.8 Å². The van der Waals surface area contributed by atoms with Crippen LogP contribution in [0.4, 0.5) is 0 Å². The van der Waals surface area contributed by atoms with Crippen LogP contribution in [0.1, 0.15) is 5.56 Å². The molecule has 0 radical (unpaired) electrons. The van der Waals surface area contributed by atoms with Gasteiger partial charge in [-0.3, -0.25) is 4.79 Å². The van der Waals surface area contributed by atoms with Gasteiger partial charge in [0, 0.05) is 11.4 Å². The van der Waals surface area contributed by atoms with Crippen LogP contribution in [-0.2, 0) is 4.79 Å². The number of primary amides is 1. The fourth-order valence-corrected chi connectivity index (χ4v) is 1.40. The predicted octanol–water partition coefficient (Wildman–Crippen LogP) is 1.97. The number of carbonyl (C=O) groups is 1. The van der Waals surface area contributed by atoms with Gasteiger partial charge in [0.2, 0.25) is 5.91 Å². The first-order valence-corrected chi connectivity index (χ1v) is 6.14. The molecule has 0 fully saturated rings. The average molecular weight is 300 g/mol. The summed E-state index contributed by atoms with van der Waals surface area (Å²) in [6.07, 6.45) is 2.92. The Morgan fingerprint density at radius 2 is 2.24 bits per heavy atom. The van der Waals surface area contributed by atoms with Gasteiger partial charge in [0.25, 0.3) is 0 Å². The second-order valence-electron chi connectivity index (χ2n) is 3.18. The number of hydrogen-bond acceptors (Lipinski definition) is 3. The van der Waals surface area contributed by atoms with Gasteiger partial charge >= 0.3 is 0 Å². The minimum atomic E-state index is -0.483. The van der Waals surface area contributed by atoms with Gasteiger partial charge in [0.1, 0.15) is 0 Å². The Bertz CT molecular complexity index is 418. The molecule has 0 unspecified atom stereocenters. The lowest BCUT2D eigenvalue weighted by molar-refractivity contribution is -0.113. The second kappa shape index (κ2) is 6.96. The van der Waals surface area contributed by atoms with Crippen LogP contribution in [0, 0.1) is 0 Å². The van der Waals surface area contributed by atoms with E-state index in [1.807, 2.05) is 6.07 Å². The Labute approximate surface area is 109 Å². The molecule has 0 aliphatic rings. The highest BCUT2D eigenvalue weighted by Gasteiger charge is 2.04. The summed E-state index contributed by atoms with van der Waals surface area (Å²) >= 11 is 3.28. The molecule has 5 heteroatoms. The summed E-state index contributed by atoms with van der Waals surface area (Å²) in [7, 11) is 1.57. The van der Waals surface area contributed by atoms with Crippen molar-refractivity contribution in [3.05, 3.63) is 29.8 Å². The molecular weight excluding hydrogens is 286 g/mol. The van der Waals surface area contributed by atoms with Crippen LogP contribution in [0.2, 0.25) is 0 Å². The van der Waals surface area contributed by atoms with E-state index in [0.717, 1.165) is 10.9 Å². The predicted molar refractivity (Wildman–Crippen MR) is 70.5 cm³/mol. The quantitative estimate of drug-likeness (QED) is 0.645. The highest BCUT2D eigenvalue weighted by atomic mass is 79.9. The van der Waals surface area contributed by atoms with Gasteiger partial charge in [-0.15, -0.1) is 0 Å². The highest BCUT2D eigenvalue weighted by Crippen LogP contribution is 2.28. The standard InChI is InChI=1S/C12H14BrNO3/c1-16-11-8-9(3-5-12(14)15)2-4-10(11)17-7-6-13/h2-5,8H,6-7H2,1H3,(H2,14,15)/b5-3-. The van der Waals surface area contributed by atoms with E-state index in [9.17, 15) is 4.79 Å². The number of carbonyl (C=O) groups excluding carboxylic acids is 1.